The van der Waals surface area contributed by atoms with Crippen molar-refractivity contribution in [1.82, 2.24) is 4.57 Å². The first kappa shape index (κ1) is 33.7. The van der Waals surface area contributed by atoms with Crippen molar-refractivity contribution in [1.29, 1.82) is 0 Å². The summed E-state index contributed by atoms with van der Waals surface area (Å²) in [7, 11) is 0. The highest BCUT2D eigenvalue weighted by molar-refractivity contribution is 8.00. The van der Waals surface area contributed by atoms with E-state index in [1.807, 2.05) is 23.1 Å². The van der Waals surface area contributed by atoms with Gasteiger partial charge in [-0.3, -0.25) is 0 Å². The highest BCUT2D eigenvalue weighted by Gasteiger charge is 2.32. The summed E-state index contributed by atoms with van der Waals surface area (Å²) in [4.78, 5) is 3.77. The van der Waals surface area contributed by atoms with Gasteiger partial charge in [0.15, 0.2) is 0 Å². The molecule has 2 atom stereocenters. The van der Waals surface area contributed by atoms with Crippen LogP contribution in [0.4, 0.5) is 17.1 Å². The summed E-state index contributed by atoms with van der Waals surface area (Å²) >= 11 is 3.87. The van der Waals surface area contributed by atoms with Gasteiger partial charge in [-0.1, -0.05) is 130 Å². The maximum absolute atomic E-state index is 2.43. The third-order valence-corrected chi connectivity index (χ3v) is 13.3. The summed E-state index contributed by atoms with van der Waals surface area (Å²) in [6, 6.07) is 58.0. The fourth-order valence-electron chi connectivity index (χ4n) is 8.32. The lowest BCUT2D eigenvalue weighted by atomic mass is 9.90. The molecule has 2 aliphatic rings. The quantitative estimate of drug-likeness (QED) is 0.173. The van der Waals surface area contributed by atoms with Crippen LogP contribution in [0.15, 0.2) is 187 Å². The molecule has 0 fully saturated rings. The van der Waals surface area contributed by atoms with Crippen molar-refractivity contribution in [3.05, 3.63) is 188 Å². The summed E-state index contributed by atoms with van der Waals surface area (Å²) in [5.74, 6) is 0.458. The molecule has 1 aliphatic carbocycles. The van der Waals surface area contributed by atoms with Crippen molar-refractivity contribution >= 4 is 82.1 Å². The van der Waals surface area contributed by atoms with Crippen LogP contribution < -0.4 is 4.90 Å². The monoisotopic (exact) mass is 744 g/mol. The van der Waals surface area contributed by atoms with Gasteiger partial charge in [0.1, 0.15) is 0 Å². The number of benzene rings is 7. The van der Waals surface area contributed by atoms with Gasteiger partial charge >= 0.3 is 0 Å². The number of fused-ring (bicyclic) bond motifs is 9. The zero-order valence-electron chi connectivity index (χ0n) is 30.9. The molecule has 3 heterocycles. The van der Waals surface area contributed by atoms with E-state index < -0.39 is 0 Å². The number of nitrogens with zero attached hydrogens (tertiary/aromatic N) is 2. The average molecular weight is 745 g/mol. The summed E-state index contributed by atoms with van der Waals surface area (Å²) < 4.78 is 5.08. The SMILES string of the molecule is C1=CC2Sc3c(-c4ccc(N(c5ccccc5)c5ccc(-n6c7ccccc7c7cc8c(cc76)sc6ccccc68)cc5)cc4)cccc3C2C=C1.CCC. The summed E-state index contributed by atoms with van der Waals surface area (Å²) in [6.07, 6.45) is 10.3. The predicted molar refractivity (Wildman–Crippen MR) is 240 cm³/mol. The van der Waals surface area contributed by atoms with Gasteiger partial charge < -0.3 is 9.47 Å². The maximum Gasteiger partial charge on any atom is 0.0555 e. The Morgan fingerprint density at radius 1 is 0.545 bits per heavy atom. The predicted octanol–water partition coefficient (Wildman–Crippen LogP) is 15.4. The molecule has 0 bridgehead atoms. The first-order valence-corrected chi connectivity index (χ1v) is 20.9. The molecule has 0 N–H and O–H groups in total. The number of aromatic nitrogens is 1. The van der Waals surface area contributed by atoms with Gasteiger partial charge in [-0.05, 0) is 89.5 Å². The Morgan fingerprint density at radius 2 is 1.22 bits per heavy atom. The first-order valence-electron chi connectivity index (χ1n) is 19.2. The zero-order valence-corrected chi connectivity index (χ0v) is 32.5. The van der Waals surface area contributed by atoms with Crippen molar-refractivity contribution in [3.8, 4) is 16.8 Å². The zero-order chi connectivity index (χ0) is 36.9. The Hall–Kier alpha value is -5.81. The molecule has 0 radical (unpaired) electrons. The lowest BCUT2D eigenvalue weighted by molar-refractivity contribution is 0.881. The van der Waals surface area contributed by atoms with Crippen molar-refractivity contribution in [2.75, 3.05) is 4.90 Å². The maximum atomic E-state index is 2.43. The minimum atomic E-state index is 0.458. The molecule has 7 aromatic carbocycles. The van der Waals surface area contributed by atoms with Crippen LogP contribution >= 0.6 is 23.1 Å². The molecule has 1 aliphatic heterocycles. The van der Waals surface area contributed by atoms with E-state index in [-0.39, 0.29) is 0 Å². The van der Waals surface area contributed by atoms with E-state index in [1.54, 1.807) is 0 Å². The Morgan fingerprint density at radius 3 is 2.02 bits per heavy atom. The molecule has 9 aromatic rings. The van der Waals surface area contributed by atoms with Crippen LogP contribution in [-0.2, 0) is 0 Å². The minimum absolute atomic E-state index is 0.458. The molecular weight excluding hydrogens is 705 g/mol. The number of para-hydroxylation sites is 2. The van der Waals surface area contributed by atoms with Crippen molar-refractivity contribution in [2.45, 2.75) is 36.3 Å². The Kier molecular flexibility index (Phi) is 8.66. The summed E-state index contributed by atoms with van der Waals surface area (Å²) in [5.41, 5.74) is 11.0. The van der Waals surface area contributed by atoms with Gasteiger partial charge in [-0.2, -0.15) is 0 Å². The Balaban J connectivity index is 0.00000120. The minimum Gasteiger partial charge on any atom is -0.311 e. The van der Waals surface area contributed by atoms with Crippen LogP contribution in [0, 0.1) is 0 Å². The first-order chi connectivity index (χ1) is 27.2. The molecule has 0 saturated carbocycles. The fraction of sp³-hybridized carbons (Fsp3) is 0.0980. The molecule has 0 amide bonds. The van der Waals surface area contributed by atoms with E-state index in [9.17, 15) is 0 Å². The van der Waals surface area contributed by atoms with Gasteiger partial charge in [-0.15, -0.1) is 23.1 Å². The number of thiophene rings is 1. The number of rotatable bonds is 5. The van der Waals surface area contributed by atoms with Crippen LogP contribution in [0.3, 0.4) is 0 Å². The molecule has 11 rings (SSSR count). The van der Waals surface area contributed by atoms with Crippen molar-refractivity contribution < 1.29 is 0 Å². The molecule has 55 heavy (non-hydrogen) atoms. The standard InChI is InChI=1S/C48H32N2S2.C3H8/c1-2-11-32(12-3-1)49(33-23-21-31(22-24-33)36-16-10-17-40-38-14-5-9-20-46(38)52-48(36)40)34-25-27-35(28-26-34)50-43-18-7-4-13-37(43)41-29-42-39-15-6-8-19-45(39)51-47(42)30-44(41)50;1-3-2/h1-30,38,46H;3H2,1-2H3. The van der Waals surface area contributed by atoms with E-state index in [2.05, 4.69) is 205 Å². The Labute approximate surface area is 330 Å². The number of allylic oxidation sites excluding steroid dienone is 3. The number of hydrogen-bond acceptors (Lipinski definition) is 3. The van der Waals surface area contributed by atoms with Gasteiger partial charge in [0.25, 0.3) is 0 Å². The molecule has 266 valence electrons. The third kappa shape index (κ3) is 5.80. The number of anilines is 3. The molecular formula is C51H40N2S2. The van der Waals surface area contributed by atoms with Crippen molar-refractivity contribution in [3.63, 3.8) is 0 Å². The van der Waals surface area contributed by atoms with E-state index >= 15 is 0 Å². The lowest BCUT2D eigenvalue weighted by Crippen LogP contribution is -2.10. The number of hydrogen-bond donors (Lipinski definition) is 0. The smallest absolute Gasteiger partial charge is 0.0555 e. The van der Waals surface area contributed by atoms with Crippen LogP contribution in [0.1, 0.15) is 31.7 Å². The third-order valence-electron chi connectivity index (χ3n) is 10.7. The van der Waals surface area contributed by atoms with E-state index in [0.29, 0.717) is 11.2 Å². The normalized spacial score (nSPS) is 15.7. The summed E-state index contributed by atoms with van der Waals surface area (Å²) in [5, 5.41) is 5.71. The van der Waals surface area contributed by atoms with Gasteiger partial charge in [0, 0.05) is 69.8 Å². The van der Waals surface area contributed by atoms with Gasteiger partial charge in [-0.25, -0.2) is 0 Å². The van der Waals surface area contributed by atoms with Crippen LogP contribution in [0.25, 0.3) is 58.8 Å². The second-order valence-electron chi connectivity index (χ2n) is 14.4. The molecule has 0 saturated heterocycles. The van der Waals surface area contributed by atoms with E-state index in [4.69, 9.17) is 0 Å². The molecule has 2 unspecified atom stereocenters. The summed E-state index contributed by atoms with van der Waals surface area (Å²) in [6.45, 7) is 4.25. The second kappa shape index (κ2) is 14.1. The average Bonchev–Trinajstić information content (AvgIpc) is 3.91. The topological polar surface area (TPSA) is 8.17 Å². The van der Waals surface area contributed by atoms with E-state index in [1.165, 1.54) is 70.0 Å². The van der Waals surface area contributed by atoms with Gasteiger partial charge in [0.2, 0.25) is 0 Å². The van der Waals surface area contributed by atoms with Crippen LogP contribution in [0.2, 0.25) is 0 Å². The lowest BCUT2D eigenvalue weighted by Gasteiger charge is -2.26. The van der Waals surface area contributed by atoms with Crippen molar-refractivity contribution in [2.24, 2.45) is 0 Å². The molecule has 4 heteroatoms. The highest BCUT2D eigenvalue weighted by atomic mass is 32.2. The van der Waals surface area contributed by atoms with Gasteiger partial charge in [0.05, 0.1) is 11.0 Å². The van der Waals surface area contributed by atoms with Crippen LogP contribution in [0.5, 0.6) is 0 Å². The van der Waals surface area contributed by atoms with E-state index in [0.717, 1.165) is 22.7 Å². The Bertz CT molecular complexity index is 2900. The fourth-order valence-corrected chi connectivity index (χ4v) is 10.9. The van der Waals surface area contributed by atoms with Crippen LogP contribution in [-0.4, -0.2) is 9.82 Å². The highest BCUT2D eigenvalue weighted by Crippen LogP contribution is 2.52. The second-order valence-corrected chi connectivity index (χ2v) is 16.6. The number of thioether (sulfide) groups is 1. The largest absolute Gasteiger partial charge is 0.311 e. The molecule has 0 spiro atoms. The molecule has 2 aromatic heterocycles. The molecule has 2 nitrogen and oxygen atoms in total.